The van der Waals surface area contributed by atoms with E-state index in [4.69, 9.17) is 4.43 Å². The Morgan fingerprint density at radius 2 is 1.50 bits per heavy atom. The van der Waals surface area contributed by atoms with Crippen molar-refractivity contribution in [2.45, 2.75) is 42.3 Å². The summed E-state index contributed by atoms with van der Waals surface area (Å²) in [7, 11) is -1.44. The molecule has 2 atom stereocenters. The number of carbonyl (C=O) groups is 1. The van der Waals surface area contributed by atoms with Gasteiger partial charge in [-0.3, -0.25) is 0 Å². The summed E-state index contributed by atoms with van der Waals surface area (Å²) in [6, 6.07) is 20.6. The predicted molar refractivity (Wildman–Crippen MR) is 123 cm³/mol. The number of alkyl halides is 2. The van der Waals surface area contributed by atoms with E-state index in [9.17, 15) is 9.18 Å². The lowest BCUT2D eigenvalue weighted by Gasteiger charge is -2.43. The van der Waals surface area contributed by atoms with E-state index in [-0.39, 0.29) is 15.4 Å². The largest absolute Gasteiger partial charge is 0.467 e. The molecule has 3 nitrogen and oxygen atoms in total. The summed E-state index contributed by atoms with van der Waals surface area (Å²) in [5, 5.41) is 2.23. The van der Waals surface area contributed by atoms with Gasteiger partial charge in [0.25, 0.3) is 8.32 Å². The average Bonchev–Trinajstić information content (AvgIpc) is 2.68. The van der Waals surface area contributed by atoms with Gasteiger partial charge in [0.05, 0.1) is 7.11 Å². The second-order valence-electron chi connectivity index (χ2n) is 7.80. The molecule has 0 aliphatic rings. The Hall–Kier alpha value is -1.25. The third-order valence-corrected chi connectivity index (χ3v) is 10.7. The van der Waals surface area contributed by atoms with E-state index in [0.717, 1.165) is 0 Å². The molecular formula is C22H28FIO3Si. The molecule has 0 N–H and O–H groups in total. The smallest absolute Gasteiger partial charge is 0.340 e. The number of halogens is 2. The first kappa shape index (κ1) is 23.0. The van der Waals surface area contributed by atoms with E-state index in [1.165, 1.54) is 17.5 Å². The quantitative estimate of drug-likeness (QED) is 0.229. The monoisotopic (exact) mass is 514 g/mol. The van der Waals surface area contributed by atoms with Crippen LogP contribution in [-0.2, 0) is 14.0 Å². The lowest BCUT2D eigenvalue weighted by molar-refractivity contribution is -0.146. The number of rotatable bonds is 8. The van der Waals surface area contributed by atoms with Crippen molar-refractivity contribution in [1.29, 1.82) is 0 Å². The summed E-state index contributed by atoms with van der Waals surface area (Å²) in [5.74, 6) is -0.827. The first-order chi connectivity index (χ1) is 13.2. The van der Waals surface area contributed by atoms with Crippen LogP contribution in [0.15, 0.2) is 60.7 Å². The molecule has 0 radical (unpaired) electrons. The lowest BCUT2D eigenvalue weighted by atomic mass is 10.2. The minimum absolute atomic E-state index is 0.0748. The Kier molecular flexibility index (Phi) is 8.21. The average molecular weight is 514 g/mol. The molecule has 0 aromatic heterocycles. The van der Waals surface area contributed by atoms with Gasteiger partial charge in [-0.15, -0.1) is 0 Å². The van der Waals surface area contributed by atoms with Crippen molar-refractivity contribution in [3.05, 3.63) is 60.7 Å². The zero-order valence-corrected chi connectivity index (χ0v) is 20.0. The molecule has 2 rings (SSSR count). The predicted octanol–water partition coefficient (Wildman–Crippen LogP) is 4.27. The van der Waals surface area contributed by atoms with E-state index in [1.54, 1.807) is 0 Å². The van der Waals surface area contributed by atoms with Crippen LogP contribution in [-0.4, -0.2) is 38.1 Å². The van der Waals surface area contributed by atoms with Gasteiger partial charge < -0.3 is 9.16 Å². The molecule has 28 heavy (non-hydrogen) atoms. The van der Waals surface area contributed by atoms with Crippen LogP contribution in [0, 0.1) is 0 Å². The molecule has 6 heteroatoms. The fourth-order valence-electron chi connectivity index (χ4n) is 3.49. The van der Waals surface area contributed by atoms with Gasteiger partial charge in [-0.05, 0) is 15.4 Å². The number of esters is 1. The van der Waals surface area contributed by atoms with E-state index < -0.39 is 20.5 Å². The Bertz CT molecular complexity index is 710. The standard InChI is InChI=1S/C22H28FIO3Si/c1-22(2,3)28(18-11-7-5-8-12-18,19-13-9-6-10-14-19)27-16-17(24)15-20(23)21(25)26-4/h5-14,17,20H,15-16H2,1-4H3/t17?,20-/m0/s1. The number of methoxy groups -OCH3 is 1. The molecule has 2 aromatic carbocycles. The van der Waals surface area contributed by atoms with Gasteiger partial charge in [0, 0.05) is 17.0 Å². The first-order valence-corrected chi connectivity index (χ1v) is 12.5. The minimum Gasteiger partial charge on any atom is -0.467 e. The highest BCUT2D eigenvalue weighted by atomic mass is 127. The number of carbonyl (C=O) groups excluding carboxylic acids is 1. The number of benzene rings is 2. The summed E-state index contributed by atoms with van der Waals surface area (Å²) in [6.07, 6.45) is -1.56. The van der Waals surface area contributed by atoms with Crippen molar-refractivity contribution < 1.29 is 18.3 Å². The molecule has 1 unspecified atom stereocenters. The van der Waals surface area contributed by atoms with Crippen molar-refractivity contribution in [2.75, 3.05) is 13.7 Å². The number of hydrogen-bond acceptors (Lipinski definition) is 3. The lowest BCUT2D eigenvalue weighted by Crippen LogP contribution is -2.67. The molecule has 0 amide bonds. The Balaban J connectivity index is 2.38. The maximum atomic E-state index is 14.0. The highest BCUT2D eigenvalue weighted by molar-refractivity contribution is 14.1. The fraction of sp³-hybridized carbons (Fsp3) is 0.409. The second-order valence-corrected chi connectivity index (χ2v) is 13.9. The third-order valence-electron chi connectivity index (χ3n) is 4.82. The van der Waals surface area contributed by atoms with Gasteiger partial charge in [0.2, 0.25) is 0 Å². The minimum atomic E-state index is -2.64. The van der Waals surface area contributed by atoms with Crippen LogP contribution in [0.25, 0.3) is 0 Å². The van der Waals surface area contributed by atoms with E-state index >= 15 is 0 Å². The summed E-state index contributed by atoms with van der Waals surface area (Å²) >= 11 is 2.16. The number of ether oxygens (including phenoxy) is 1. The van der Waals surface area contributed by atoms with Gasteiger partial charge in [-0.2, -0.15) is 0 Å². The van der Waals surface area contributed by atoms with E-state index in [2.05, 4.69) is 72.4 Å². The summed E-state index contributed by atoms with van der Waals surface area (Å²) in [5.41, 5.74) is 0. The highest BCUT2D eigenvalue weighted by Crippen LogP contribution is 2.37. The molecule has 2 aromatic rings. The van der Waals surface area contributed by atoms with Crippen molar-refractivity contribution in [3.63, 3.8) is 0 Å². The Labute approximate surface area is 181 Å². The molecule has 0 spiro atoms. The van der Waals surface area contributed by atoms with Crippen molar-refractivity contribution in [1.82, 2.24) is 0 Å². The van der Waals surface area contributed by atoms with Crippen LogP contribution < -0.4 is 10.4 Å². The molecule has 0 saturated heterocycles. The molecule has 0 saturated carbocycles. The Morgan fingerprint density at radius 3 is 1.89 bits per heavy atom. The molecule has 0 aliphatic heterocycles. The molecule has 0 bridgehead atoms. The van der Waals surface area contributed by atoms with Gasteiger partial charge in [0.1, 0.15) is 0 Å². The van der Waals surface area contributed by atoms with Crippen LogP contribution in [0.1, 0.15) is 27.2 Å². The van der Waals surface area contributed by atoms with E-state index in [1.807, 2.05) is 36.4 Å². The maximum absolute atomic E-state index is 14.0. The van der Waals surface area contributed by atoms with Crippen LogP contribution >= 0.6 is 22.6 Å². The Morgan fingerprint density at radius 1 is 1.04 bits per heavy atom. The molecule has 152 valence electrons. The normalized spacial score (nSPS) is 14.4. The fourth-order valence-corrected chi connectivity index (χ4v) is 9.07. The summed E-state index contributed by atoms with van der Waals surface area (Å²) in [6.45, 7) is 6.97. The van der Waals surface area contributed by atoms with Crippen LogP contribution in [0.5, 0.6) is 0 Å². The van der Waals surface area contributed by atoms with Gasteiger partial charge >= 0.3 is 5.97 Å². The third kappa shape index (κ3) is 5.21. The van der Waals surface area contributed by atoms with Gasteiger partial charge in [-0.25, -0.2) is 9.18 Å². The van der Waals surface area contributed by atoms with Gasteiger partial charge in [0.15, 0.2) is 6.17 Å². The van der Waals surface area contributed by atoms with E-state index in [0.29, 0.717) is 6.61 Å². The number of hydrogen-bond donors (Lipinski definition) is 0. The van der Waals surface area contributed by atoms with Crippen LogP contribution in [0.2, 0.25) is 5.04 Å². The van der Waals surface area contributed by atoms with Crippen molar-refractivity contribution >= 4 is 47.3 Å². The maximum Gasteiger partial charge on any atom is 0.340 e. The summed E-state index contributed by atoms with van der Waals surface area (Å²) in [4.78, 5) is 11.4. The SMILES string of the molecule is COC(=O)[C@@H](F)CC(I)CO[Si](c1ccccc1)(c1ccccc1)C(C)(C)C. The van der Waals surface area contributed by atoms with Crippen LogP contribution in [0.4, 0.5) is 4.39 Å². The molecular weight excluding hydrogens is 486 g/mol. The van der Waals surface area contributed by atoms with Crippen molar-refractivity contribution in [3.8, 4) is 0 Å². The molecule has 0 heterocycles. The topological polar surface area (TPSA) is 35.5 Å². The first-order valence-electron chi connectivity index (χ1n) is 9.33. The van der Waals surface area contributed by atoms with Crippen molar-refractivity contribution in [2.24, 2.45) is 0 Å². The zero-order chi connectivity index (χ0) is 20.8. The zero-order valence-electron chi connectivity index (χ0n) is 16.8. The van der Waals surface area contributed by atoms with Crippen LogP contribution in [0.3, 0.4) is 0 Å². The molecule has 0 aliphatic carbocycles. The van der Waals surface area contributed by atoms with Gasteiger partial charge in [-0.1, -0.05) is 104 Å². The molecule has 0 fully saturated rings. The second kappa shape index (κ2) is 9.98. The summed E-state index contributed by atoms with van der Waals surface area (Å²) < 4.78 is 25.1. The highest BCUT2D eigenvalue weighted by Gasteiger charge is 2.50.